The number of pyridine rings is 1. The Labute approximate surface area is 141 Å². The van der Waals surface area contributed by atoms with Gasteiger partial charge in [-0.3, -0.25) is 9.69 Å². The second-order valence-electron chi connectivity index (χ2n) is 6.98. The van der Waals surface area contributed by atoms with Gasteiger partial charge in [-0.05, 0) is 45.8 Å². The Hall–Kier alpha value is -1.92. The molecule has 2 aromatic heterocycles. The van der Waals surface area contributed by atoms with Crippen LogP contribution in [0.5, 0.6) is 0 Å². The third-order valence-electron chi connectivity index (χ3n) is 5.51. The monoisotopic (exact) mass is 328 g/mol. The molecule has 1 amide bonds. The maximum absolute atomic E-state index is 12.2. The van der Waals surface area contributed by atoms with Gasteiger partial charge in [0, 0.05) is 24.4 Å². The summed E-state index contributed by atoms with van der Waals surface area (Å²) in [5.41, 5.74) is 4.75. The summed E-state index contributed by atoms with van der Waals surface area (Å²) in [7, 11) is 0. The summed E-state index contributed by atoms with van der Waals surface area (Å²) in [5, 5.41) is 10.8. The van der Waals surface area contributed by atoms with E-state index < -0.39 is 6.10 Å². The number of hydrogen-bond acceptors (Lipinski definition) is 4. The molecule has 128 valence electrons. The number of rotatable bonds is 1. The van der Waals surface area contributed by atoms with Gasteiger partial charge in [-0.2, -0.15) is 0 Å². The number of carbonyl (C=O) groups is 1. The van der Waals surface area contributed by atoms with E-state index in [0.717, 1.165) is 41.4 Å². The molecule has 0 spiro atoms. The predicted molar refractivity (Wildman–Crippen MR) is 92.2 cm³/mol. The summed E-state index contributed by atoms with van der Waals surface area (Å²) in [5.74, 6) is -0.0541. The lowest BCUT2D eigenvalue weighted by atomic mass is 9.93. The van der Waals surface area contributed by atoms with Crippen molar-refractivity contribution in [3.05, 3.63) is 29.2 Å². The van der Waals surface area contributed by atoms with Gasteiger partial charge in [0.2, 0.25) is 5.91 Å². The highest BCUT2D eigenvalue weighted by Gasteiger charge is 2.39. The van der Waals surface area contributed by atoms with Crippen molar-refractivity contribution in [2.75, 3.05) is 24.5 Å². The molecule has 1 saturated heterocycles. The largest absolute Gasteiger partial charge is 0.389 e. The molecule has 6 nitrogen and oxygen atoms in total. The van der Waals surface area contributed by atoms with E-state index in [1.807, 2.05) is 24.4 Å². The molecule has 2 atom stereocenters. The first-order valence-corrected chi connectivity index (χ1v) is 8.67. The van der Waals surface area contributed by atoms with Crippen molar-refractivity contribution in [2.24, 2.45) is 0 Å². The summed E-state index contributed by atoms with van der Waals surface area (Å²) in [6, 6.07) is 2.00. The summed E-state index contributed by atoms with van der Waals surface area (Å²) < 4.78 is 2.04. The van der Waals surface area contributed by atoms with Crippen LogP contribution < -0.4 is 4.90 Å². The third-order valence-corrected chi connectivity index (χ3v) is 5.51. The number of aliphatic hydroxyl groups is 1. The second kappa shape index (κ2) is 5.57. The minimum Gasteiger partial charge on any atom is -0.389 e. The average Bonchev–Trinajstić information content (AvgIpc) is 3.15. The SMILES string of the molecule is CC(=O)N1C[C@@H](O)[C@H](N2CCCC2)c2ccn3c(C)c(C)nc3c21. The highest BCUT2D eigenvalue weighted by Crippen LogP contribution is 2.41. The Morgan fingerprint density at radius 2 is 2.00 bits per heavy atom. The summed E-state index contributed by atoms with van der Waals surface area (Å²) >= 11 is 0. The van der Waals surface area contributed by atoms with Crippen LogP contribution in [0.4, 0.5) is 5.69 Å². The van der Waals surface area contributed by atoms with Crippen LogP contribution in [-0.4, -0.2) is 51.0 Å². The van der Waals surface area contributed by atoms with E-state index in [-0.39, 0.29) is 11.9 Å². The molecule has 0 radical (unpaired) electrons. The van der Waals surface area contributed by atoms with Crippen LogP contribution in [0.3, 0.4) is 0 Å². The van der Waals surface area contributed by atoms with Crippen LogP contribution in [0.1, 0.15) is 42.8 Å². The van der Waals surface area contributed by atoms with Gasteiger partial charge in [-0.1, -0.05) is 0 Å². The number of hydrogen-bond donors (Lipinski definition) is 1. The summed E-state index contributed by atoms with van der Waals surface area (Å²) in [4.78, 5) is 21.0. The van der Waals surface area contributed by atoms with Crippen molar-refractivity contribution in [2.45, 2.75) is 45.8 Å². The molecule has 6 heteroatoms. The predicted octanol–water partition coefficient (Wildman–Crippen LogP) is 1.82. The van der Waals surface area contributed by atoms with Gasteiger partial charge in [0.05, 0.1) is 30.1 Å². The van der Waals surface area contributed by atoms with Gasteiger partial charge in [0.15, 0.2) is 5.65 Å². The zero-order chi connectivity index (χ0) is 17.0. The Morgan fingerprint density at radius 3 is 2.67 bits per heavy atom. The molecule has 2 aromatic rings. The summed E-state index contributed by atoms with van der Waals surface area (Å²) in [6.07, 6.45) is 3.78. The Bertz CT molecular complexity index is 807. The zero-order valence-electron chi connectivity index (χ0n) is 14.5. The fraction of sp³-hybridized carbons (Fsp3) is 0.556. The topological polar surface area (TPSA) is 61.1 Å². The fourth-order valence-electron chi connectivity index (χ4n) is 4.19. The quantitative estimate of drug-likeness (QED) is 0.867. The lowest BCUT2D eigenvalue weighted by molar-refractivity contribution is -0.117. The highest BCUT2D eigenvalue weighted by atomic mass is 16.3. The van der Waals surface area contributed by atoms with E-state index in [1.54, 1.807) is 11.8 Å². The number of nitrogens with zero attached hydrogens (tertiary/aromatic N) is 4. The number of carbonyl (C=O) groups excluding carboxylic acids is 1. The number of aromatic nitrogens is 2. The molecule has 2 aliphatic heterocycles. The van der Waals surface area contributed by atoms with Crippen LogP contribution in [0.15, 0.2) is 12.3 Å². The summed E-state index contributed by atoms with van der Waals surface area (Å²) in [6.45, 7) is 7.91. The minimum atomic E-state index is -0.570. The lowest BCUT2D eigenvalue weighted by Crippen LogP contribution is -2.48. The maximum Gasteiger partial charge on any atom is 0.224 e. The third kappa shape index (κ3) is 2.17. The molecule has 0 saturated carbocycles. The highest BCUT2D eigenvalue weighted by molar-refractivity contribution is 5.97. The fourth-order valence-corrected chi connectivity index (χ4v) is 4.19. The lowest BCUT2D eigenvalue weighted by Gasteiger charge is -2.41. The van der Waals surface area contributed by atoms with Gasteiger partial charge < -0.3 is 14.4 Å². The maximum atomic E-state index is 12.2. The van der Waals surface area contributed by atoms with E-state index in [0.29, 0.717) is 6.54 Å². The molecule has 0 unspecified atom stereocenters. The van der Waals surface area contributed by atoms with Crippen molar-refractivity contribution < 1.29 is 9.90 Å². The second-order valence-corrected chi connectivity index (χ2v) is 6.98. The number of likely N-dealkylation sites (tertiary alicyclic amines) is 1. The first kappa shape index (κ1) is 15.6. The normalized spacial score (nSPS) is 24.6. The van der Waals surface area contributed by atoms with Crippen molar-refractivity contribution in [1.82, 2.24) is 14.3 Å². The molecule has 0 aromatic carbocycles. The number of aliphatic hydroxyl groups excluding tert-OH is 1. The standard InChI is InChI=1S/C18H24N4O2/c1-11-12(2)21-9-6-14-16(20-7-4-5-8-20)15(24)10-22(13(3)23)17(14)18(21)19-11/h6,9,15-16,24H,4-5,7-8,10H2,1-3H3/t15-,16-/m1/s1. The van der Waals surface area contributed by atoms with E-state index in [1.165, 1.54) is 12.8 Å². The van der Waals surface area contributed by atoms with E-state index in [4.69, 9.17) is 4.98 Å². The van der Waals surface area contributed by atoms with Gasteiger partial charge in [0.1, 0.15) is 0 Å². The van der Waals surface area contributed by atoms with E-state index >= 15 is 0 Å². The van der Waals surface area contributed by atoms with Crippen molar-refractivity contribution in [3.8, 4) is 0 Å². The Morgan fingerprint density at radius 1 is 1.29 bits per heavy atom. The number of aryl methyl sites for hydroxylation is 2. The molecule has 0 aliphatic carbocycles. The van der Waals surface area contributed by atoms with Crippen LogP contribution in [0, 0.1) is 13.8 Å². The van der Waals surface area contributed by atoms with Crippen LogP contribution in [-0.2, 0) is 4.79 Å². The smallest absolute Gasteiger partial charge is 0.224 e. The molecule has 4 rings (SSSR count). The van der Waals surface area contributed by atoms with Crippen LogP contribution in [0.25, 0.3) is 5.65 Å². The number of anilines is 1. The van der Waals surface area contributed by atoms with Crippen molar-refractivity contribution >= 4 is 17.2 Å². The van der Waals surface area contributed by atoms with Crippen molar-refractivity contribution in [3.63, 3.8) is 0 Å². The average molecular weight is 328 g/mol. The molecule has 2 aliphatic rings. The number of amides is 1. The van der Waals surface area contributed by atoms with Crippen molar-refractivity contribution in [1.29, 1.82) is 0 Å². The molecule has 0 bridgehead atoms. The molecule has 1 fully saturated rings. The first-order valence-electron chi connectivity index (χ1n) is 8.67. The van der Waals surface area contributed by atoms with Gasteiger partial charge >= 0.3 is 0 Å². The van der Waals surface area contributed by atoms with Gasteiger partial charge in [-0.15, -0.1) is 0 Å². The van der Waals surface area contributed by atoms with Crippen LogP contribution in [0.2, 0.25) is 0 Å². The zero-order valence-corrected chi connectivity index (χ0v) is 14.5. The molecule has 1 N–H and O–H groups in total. The first-order chi connectivity index (χ1) is 11.5. The van der Waals surface area contributed by atoms with Gasteiger partial charge in [-0.25, -0.2) is 4.98 Å². The molecular formula is C18H24N4O2. The molecule has 4 heterocycles. The number of imidazole rings is 1. The molecular weight excluding hydrogens is 304 g/mol. The van der Waals surface area contributed by atoms with E-state index in [2.05, 4.69) is 11.0 Å². The van der Waals surface area contributed by atoms with Crippen LogP contribution >= 0.6 is 0 Å². The number of fused-ring (bicyclic) bond motifs is 3. The number of β-amino-alcohol motifs (C(OH)–C–C–N with tert-alkyl or cyclic N) is 1. The Kier molecular flexibility index (Phi) is 3.62. The van der Waals surface area contributed by atoms with E-state index in [9.17, 15) is 9.90 Å². The minimum absolute atomic E-state index is 0.0541. The molecule has 24 heavy (non-hydrogen) atoms. The Balaban J connectivity index is 1.96. The van der Waals surface area contributed by atoms with Gasteiger partial charge in [0.25, 0.3) is 0 Å².